The summed E-state index contributed by atoms with van der Waals surface area (Å²) in [4.78, 5) is 21.9. The summed E-state index contributed by atoms with van der Waals surface area (Å²) >= 11 is 0. The van der Waals surface area contributed by atoms with Crippen molar-refractivity contribution >= 4 is 5.91 Å². The van der Waals surface area contributed by atoms with Crippen LogP contribution in [0.4, 0.5) is 0 Å². The summed E-state index contributed by atoms with van der Waals surface area (Å²) in [5.74, 6) is 0.612. The van der Waals surface area contributed by atoms with Gasteiger partial charge in [0.25, 0.3) is 5.91 Å². The van der Waals surface area contributed by atoms with Crippen LogP contribution in [0.1, 0.15) is 23.7 Å². The first kappa shape index (κ1) is 14.2. The minimum absolute atomic E-state index is 0.102. The Hall–Kier alpha value is -2.21. The molecular weight excluding hydrogens is 256 g/mol. The van der Waals surface area contributed by atoms with Crippen LogP contribution in [0.15, 0.2) is 37.1 Å². The number of hydrogen-bond donors (Lipinski definition) is 1. The lowest BCUT2D eigenvalue weighted by Crippen LogP contribution is -2.29. The molecule has 106 valence electrons. The van der Waals surface area contributed by atoms with Crippen molar-refractivity contribution in [3.8, 4) is 5.82 Å². The van der Waals surface area contributed by atoms with Crippen LogP contribution in [0.3, 0.4) is 0 Å². The monoisotopic (exact) mass is 274 g/mol. The number of carbonyl (C=O) groups is 1. The van der Waals surface area contributed by atoms with Gasteiger partial charge in [0.1, 0.15) is 12.1 Å². The molecule has 2 aromatic heterocycles. The van der Waals surface area contributed by atoms with E-state index >= 15 is 0 Å². The van der Waals surface area contributed by atoms with Crippen molar-refractivity contribution in [3.05, 3.63) is 42.6 Å². The van der Waals surface area contributed by atoms with Gasteiger partial charge < -0.3 is 10.0 Å². The van der Waals surface area contributed by atoms with E-state index in [1.807, 2.05) is 0 Å². The van der Waals surface area contributed by atoms with Crippen LogP contribution in [0.25, 0.3) is 5.82 Å². The molecule has 0 aliphatic heterocycles. The third-order valence-electron chi connectivity index (χ3n) is 2.99. The minimum Gasteiger partial charge on any atom is -0.393 e. The van der Waals surface area contributed by atoms with Gasteiger partial charge in [-0.2, -0.15) is 0 Å². The Morgan fingerprint density at radius 1 is 1.50 bits per heavy atom. The highest BCUT2D eigenvalue weighted by atomic mass is 16.3. The van der Waals surface area contributed by atoms with Crippen molar-refractivity contribution < 1.29 is 9.90 Å². The molecule has 2 aromatic rings. The molecule has 0 saturated heterocycles. The minimum atomic E-state index is -0.410. The van der Waals surface area contributed by atoms with Crippen molar-refractivity contribution in [2.45, 2.75) is 19.4 Å². The zero-order valence-electron chi connectivity index (χ0n) is 11.6. The summed E-state index contributed by atoms with van der Waals surface area (Å²) in [5, 5.41) is 9.24. The number of aliphatic hydroxyl groups is 1. The van der Waals surface area contributed by atoms with Crippen LogP contribution in [-0.4, -0.2) is 50.1 Å². The van der Waals surface area contributed by atoms with Crippen LogP contribution >= 0.6 is 0 Å². The Balaban J connectivity index is 2.04. The first-order valence-electron chi connectivity index (χ1n) is 6.46. The fraction of sp³-hybridized carbons (Fsp3) is 0.357. The van der Waals surface area contributed by atoms with Crippen LogP contribution in [0.5, 0.6) is 0 Å². The highest BCUT2D eigenvalue weighted by Gasteiger charge is 2.12. The summed E-state index contributed by atoms with van der Waals surface area (Å²) in [6, 6.07) is 3.51. The van der Waals surface area contributed by atoms with Crippen molar-refractivity contribution in [3.63, 3.8) is 0 Å². The maximum absolute atomic E-state index is 12.1. The van der Waals surface area contributed by atoms with E-state index in [1.54, 1.807) is 60.5 Å². The van der Waals surface area contributed by atoms with Gasteiger partial charge in [-0.3, -0.25) is 9.36 Å². The highest BCUT2D eigenvalue weighted by molar-refractivity contribution is 5.93. The second-order valence-electron chi connectivity index (χ2n) is 4.74. The SMILES string of the molecule is CC(O)CCN(C)C(=O)c1ccc(-n2ccnc2)nc1. The van der Waals surface area contributed by atoms with E-state index in [9.17, 15) is 9.90 Å². The largest absolute Gasteiger partial charge is 0.393 e. The highest BCUT2D eigenvalue weighted by Crippen LogP contribution is 2.08. The number of pyridine rings is 1. The molecule has 1 unspecified atom stereocenters. The molecule has 0 aliphatic rings. The number of imidazole rings is 1. The Labute approximate surface area is 117 Å². The lowest BCUT2D eigenvalue weighted by molar-refractivity contribution is 0.0768. The van der Waals surface area contributed by atoms with E-state index in [-0.39, 0.29) is 5.91 Å². The van der Waals surface area contributed by atoms with Crippen LogP contribution in [0.2, 0.25) is 0 Å². The molecule has 0 aliphatic carbocycles. The van der Waals surface area contributed by atoms with Crippen molar-refractivity contribution in [2.75, 3.05) is 13.6 Å². The second-order valence-corrected chi connectivity index (χ2v) is 4.74. The average molecular weight is 274 g/mol. The molecule has 1 N–H and O–H groups in total. The van der Waals surface area contributed by atoms with E-state index < -0.39 is 6.10 Å². The van der Waals surface area contributed by atoms with Crippen LogP contribution < -0.4 is 0 Å². The average Bonchev–Trinajstić information content (AvgIpc) is 2.98. The maximum atomic E-state index is 12.1. The smallest absolute Gasteiger partial charge is 0.255 e. The van der Waals surface area contributed by atoms with Gasteiger partial charge in [-0.25, -0.2) is 9.97 Å². The van der Waals surface area contributed by atoms with Crippen LogP contribution in [0, 0.1) is 0 Å². The van der Waals surface area contributed by atoms with Gasteiger partial charge in [0.05, 0.1) is 11.7 Å². The number of hydrogen-bond acceptors (Lipinski definition) is 4. The molecule has 20 heavy (non-hydrogen) atoms. The standard InChI is InChI=1S/C14H18N4O2/c1-11(19)5-7-17(2)14(20)12-3-4-13(16-9-12)18-8-6-15-10-18/h3-4,6,8-11,19H,5,7H2,1-2H3. The third-order valence-corrected chi connectivity index (χ3v) is 2.99. The van der Waals surface area contributed by atoms with Gasteiger partial charge in [-0.15, -0.1) is 0 Å². The van der Waals surface area contributed by atoms with Gasteiger partial charge in [-0.1, -0.05) is 0 Å². The first-order chi connectivity index (χ1) is 9.58. The van der Waals surface area contributed by atoms with E-state index in [0.29, 0.717) is 24.3 Å². The molecule has 0 aromatic carbocycles. The van der Waals surface area contributed by atoms with Gasteiger partial charge in [0.2, 0.25) is 0 Å². The van der Waals surface area contributed by atoms with Gasteiger partial charge in [0, 0.05) is 32.2 Å². The fourth-order valence-corrected chi connectivity index (χ4v) is 1.76. The van der Waals surface area contributed by atoms with E-state index in [4.69, 9.17) is 0 Å². The Morgan fingerprint density at radius 2 is 2.30 bits per heavy atom. The first-order valence-corrected chi connectivity index (χ1v) is 6.46. The number of aliphatic hydroxyl groups excluding tert-OH is 1. The normalized spacial score (nSPS) is 12.2. The topological polar surface area (TPSA) is 71.2 Å². The van der Waals surface area contributed by atoms with E-state index in [0.717, 1.165) is 0 Å². The van der Waals surface area contributed by atoms with Crippen molar-refractivity contribution in [1.29, 1.82) is 0 Å². The summed E-state index contributed by atoms with van der Waals surface area (Å²) < 4.78 is 1.77. The summed E-state index contributed by atoms with van der Waals surface area (Å²) in [6.45, 7) is 2.22. The van der Waals surface area contributed by atoms with Crippen molar-refractivity contribution in [2.24, 2.45) is 0 Å². The maximum Gasteiger partial charge on any atom is 0.255 e. The molecule has 0 saturated carbocycles. The van der Waals surface area contributed by atoms with E-state index in [2.05, 4.69) is 9.97 Å². The molecule has 2 rings (SSSR count). The molecule has 0 radical (unpaired) electrons. The van der Waals surface area contributed by atoms with Crippen LogP contribution in [-0.2, 0) is 0 Å². The number of carbonyl (C=O) groups excluding carboxylic acids is 1. The Bertz CT molecular complexity index is 549. The molecule has 0 fully saturated rings. The van der Waals surface area contributed by atoms with Gasteiger partial charge in [0.15, 0.2) is 0 Å². The molecule has 1 atom stereocenters. The quantitative estimate of drug-likeness (QED) is 0.886. The molecule has 2 heterocycles. The molecule has 6 heteroatoms. The number of nitrogens with zero attached hydrogens (tertiary/aromatic N) is 4. The van der Waals surface area contributed by atoms with Crippen molar-refractivity contribution in [1.82, 2.24) is 19.4 Å². The van der Waals surface area contributed by atoms with Gasteiger partial charge >= 0.3 is 0 Å². The molecule has 1 amide bonds. The summed E-state index contributed by atoms with van der Waals surface area (Å²) in [5.41, 5.74) is 0.530. The predicted molar refractivity (Wildman–Crippen MR) is 74.6 cm³/mol. The zero-order chi connectivity index (χ0) is 14.5. The van der Waals surface area contributed by atoms with Gasteiger partial charge in [-0.05, 0) is 25.5 Å². The molecule has 0 spiro atoms. The molecule has 6 nitrogen and oxygen atoms in total. The second kappa shape index (κ2) is 6.29. The Kier molecular flexibility index (Phi) is 4.47. The van der Waals surface area contributed by atoms with E-state index in [1.165, 1.54) is 0 Å². The molecular formula is C14H18N4O2. The Morgan fingerprint density at radius 3 is 2.85 bits per heavy atom. The summed E-state index contributed by atoms with van der Waals surface area (Å²) in [7, 11) is 1.72. The third kappa shape index (κ3) is 3.42. The lowest BCUT2D eigenvalue weighted by atomic mass is 10.2. The number of amides is 1. The molecule has 0 bridgehead atoms. The lowest BCUT2D eigenvalue weighted by Gasteiger charge is -2.18. The fourth-order valence-electron chi connectivity index (χ4n) is 1.76. The zero-order valence-corrected chi connectivity index (χ0v) is 11.6. The number of rotatable bonds is 5. The predicted octanol–water partition coefficient (Wildman–Crippen LogP) is 1.11. The number of aromatic nitrogens is 3. The summed E-state index contributed by atoms with van der Waals surface area (Å²) in [6.07, 6.45) is 6.81.